The standard InChI is InChI=1S/C7H14N2O3/c1-4-12-7(10)6(9-11)8-5(2)3/h5,11H,4H2,1-3H3,(H,8,9). The van der Waals surface area contributed by atoms with Gasteiger partial charge in [0.25, 0.3) is 0 Å². The number of ether oxygens (including phenoxy) is 1. The number of hydrogen-bond donors (Lipinski definition) is 2. The molecule has 5 nitrogen and oxygen atoms in total. The second-order valence-electron chi connectivity index (χ2n) is 2.40. The highest BCUT2D eigenvalue weighted by molar-refractivity contribution is 6.35. The highest BCUT2D eigenvalue weighted by atomic mass is 16.5. The first-order chi connectivity index (χ1) is 5.61. The van der Waals surface area contributed by atoms with Gasteiger partial charge in [0.2, 0.25) is 5.84 Å². The van der Waals surface area contributed by atoms with E-state index in [1.807, 2.05) is 0 Å². The summed E-state index contributed by atoms with van der Waals surface area (Å²) >= 11 is 0. The number of nitrogens with one attached hydrogen (secondary N) is 1. The van der Waals surface area contributed by atoms with Gasteiger partial charge >= 0.3 is 5.97 Å². The summed E-state index contributed by atoms with van der Waals surface area (Å²) in [6.07, 6.45) is 0. The minimum absolute atomic E-state index is 0.0657. The molecule has 0 spiro atoms. The fourth-order valence-corrected chi connectivity index (χ4v) is 0.585. The van der Waals surface area contributed by atoms with Crippen LogP contribution in [0.25, 0.3) is 0 Å². The Labute approximate surface area is 71.4 Å². The Morgan fingerprint density at radius 1 is 1.67 bits per heavy atom. The van der Waals surface area contributed by atoms with Crippen molar-refractivity contribution in [3.63, 3.8) is 0 Å². The number of amidine groups is 1. The van der Waals surface area contributed by atoms with Gasteiger partial charge in [-0.25, -0.2) is 10.3 Å². The van der Waals surface area contributed by atoms with Gasteiger partial charge in [-0.05, 0) is 20.8 Å². The van der Waals surface area contributed by atoms with Crippen molar-refractivity contribution in [3.8, 4) is 0 Å². The Morgan fingerprint density at radius 2 is 2.25 bits per heavy atom. The summed E-state index contributed by atoms with van der Waals surface area (Å²) in [6, 6.07) is -0.0657. The molecular formula is C7H14N2O3. The second kappa shape index (κ2) is 5.54. The maximum Gasteiger partial charge on any atom is 0.375 e. The number of hydroxylamine groups is 1. The zero-order valence-electron chi connectivity index (χ0n) is 7.50. The molecule has 0 aromatic rings. The third-order valence-corrected chi connectivity index (χ3v) is 0.962. The molecule has 0 aromatic heterocycles. The number of carbonyl (C=O) groups excluding carboxylic acids is 1. The molecule has 0 rings (SSSR count). The lowest BCUT2D eigenvalue weighted by atomic mass is 10.4. The summed E-state index contributed by atoms with van der Waals surface area (Å²) in [5.74, 6) is -0.805. The number of nitrogens with zero attached hydrogens (tertiary/aromatic N) is 1. The molecule has 12 heavy (non-hydrogen) atoms. The van der Waals surface area contributed by atoms with Crippen LogP contribution in [-0.2, 0) is 9.53 Å². The van der Waals surface area contributed by atoms with E-state index in [4.69, 9.17) is 5.21 Å². The zero-order chi connectivity index (χ0) is 9.56. The normalized spacial score (nSPS) is 11.6. The van der Waals surface area contributed by atoms with Gasteiger partial charge in [0.1, 0.15) is 0 Å². The van der Waals surface area contributed by atoms with E-state index in [0.29, 0.717) is 0 Å². The van der Waals surface area contributed by atoms with E-state index in [2.05, 4.69) is 9.73 Å². The van der Waals surface area contributed by atoms with Gasteiger partial charge in [0.15, 0.2) is 0 Å². The van der Waals surface area contributed by atoms with E-state index in [9.17, 15) is 4.79 Å². The molecule has 0 saturated heterocycles. The van der Waals surface area contributed by atoms with Gasteiger partial charge in [0, 0.05) is 6.04 Å². The Hall–Kier alpha value is -1.10. The number of esters is 1. The minimum atomic E-state index is -0.645. The van der Waals surface area contributed by atoms with Gasteiger partial charge in [-0.3, -0.25) is 10.2 Å². The van der Waals surface area contributed by atoms with Crippen LogP contribution in [0.4, 0.5) is 0 Å². The summed E-state index contributed by atoms with van der Waals surface area (Å²) in [4.78, 5) is 14.7. The molecular weight excluding hydrogens is 160 g/mol. The van der Waals surface area contributed by atoms with Crippen LogP contribution in [0.3, 0.4) is 0 Å². The molecule has 2 N–H and O–H groups in total. The lowest BCUT2D eigenvalue weighted by Crippen LogP contribution is -2.31. The Bertz CT molecular complexity index is 177. The second-order valence-corrected chi connectivity index (χ2v) is 2.40. The molecule has 70 valence electrons. The van der Waals surface area contributed by atoms with Crippen LogP contribution in [0, 0.1) is 0 Å². The number of carbonyl (C=O) groups is 1. The monoisotopic (exact) mass is 174 g/mol. The number of rotatable bonds is 2. The van der Waals surface area contributed by atoms with Gasteiger partial charge in [-0.15, -0.1) is 0 Å². The molecule has 5 heteroatoms. The van der Waals surface area contributed by atoms with Crippen molar-refractivity contribution in [1.82, 2.24) is 5.48 Å². The van der Waals surface area contributed by atoms with E-state index >= 15 is 0 Å². The smallest absolute Gasteiger partial charge is 0.375 e. The first kappa shape index (κ1) is 10.9. The molecule has 0 radical (unpaired) electrons. The molecule has 0 saturated carbocycles. The van der Waals surface area contributed by atoms with Crippen LogP contribution in [0.15, 0.2) is 4.99 Å². The molecule has 0 aliphatic heterocycles. The van der Waals surface area contributed by atoms with Gasteiger partial charge in [-0.1, -0.05) is 0 Å². The predicted octanol–water partition coefficient (Wildman–Crippen LogP) is 0.335. The van der Waals surface area contributed by atoms with Crippen molar-refractivity contribution in [2.45, 2.75) is 26.8 Å². The van der Waals surface area contributed by atoms with E-state index in [1.54, 1.807) is 26.3 Å². The summed E-state index contributed by atoms with van der Waals surface area (Å²) in [5, 5.41) is 8.49. The lowest BCUT2D eigenvalue weighted by Gasteiger charge is -2.04. The van der Waals surface area contributed by atoms with Crippen molar-refractivity contribution in [3.05, 3.63) is 0 Å². The van der Waals surface area contributed by atoms with Crippen molar-refractivity contribution >= 4 is 11.8 Å². The average molecular weight is 174 g/mol. The molecule has 0 aliphatic rings. The van der Waals surface area contributed by atoms with E-state index in [0.717, 1.165) is 0 Å². The summed E-state index contributed by atoms with van der Waals surface area (Å²) in [5.41, 5.74) is 1.69. The van der Waals surface area contributed by atoms with Crippen LogP contribution in [0.2, 0.25) is 0 Å². The van der Waals surface area contributed by atoms with Crippen LogP contribution < -0.4 is 5.48 Å². The topological polar surface area (TPSA) is 70.9 Å². The van der Waals surface area contributed by atoms with Crippen molar-refractivity contribution in [1.29, 1.82) is 0 Å². The van der Waals surface area contributed by atoms with E-state index in [-0.39, 0.29) is 18.5 Å². The van der Waals surface area contributed by atoms with Gasteiger partial charge in [0.05, 0.1) is 6.61 Å². The summed E-state index contributed by atoms with van der Waals surface area (Å²) in [7, 11) is 0. The molecule has 0 unspecified atom stereocenters. The summed E-state index contributed by atoms with van der Waals surface area (Å²) in [6.45, 7) is 5.52. The van der Waals surface area contributed by atoms with Crippen LogP contribution in [0.1, 0.15) is 20.8 Å². The molecule has 0 aromatic carbocycles. The first-order valence-corrected chi connectivity index (χ1v) is 3.76. The Balaban J connectivity index is 4.23. The largest absolute Gasteiger partial charge is 0.460 e. The molecule has 0 amide bonds. The average Bonchev–Trinajstić information content (AvgIpc) is 2.00. The number of aliphatic imine (C=N–C) groups is 1. The van der Waals surface area contributed by atoms with Crippen molar-refractivity contribution in [2.24, 2.45) is 4.99 Å². The van der Waals surface area contributed by atoms with Gasteiger partial charge < -0.3 is 4.74 Å². The number of hydrogen-bond acceptors (Lipinski definition) is 4. The molecule has 0 heterocycles. The fourth-order valence-electron chi connectivity index (χ4n) is 0.585. The van der Waals surface area contributed by atoms with E-state index < -0.39 is 5.97 Å². The van der Waals surface area contributed by atoms with E-state index in [1.165, 1.54) is 0 Å². The maximum absolute atomic E-state index is 10.9. The Kier molecular flexibility index (Phi) is 5.03. The van der Waals surface area contributed by atoms with Crippen LogP contribution >= 0.6 is 0 Å². The predicted molar refractivity (Wildman–Crippen MR) is 44.1 cm³/mol. The third-order valence-electron chi connectivity index (χ3n) is 0.962. The molecule has 0 aliphatic carbocycles. The highest BCUT2D eigenvalue weighted by Crippen LogP contribution is 1.89. The quantitative estimate of drug-likeness (QED) is 0.274. The molecule has 0 atom stereocenters. The minimum Gasteiger partial charge on any atom is -0.460 e. The molecule has 0 fully saturated rings. The van der Waals surface area contributed by atoms with Crippen LogP contribution in [0.5, 0.6) is 0 Å². The van der Waals surface area contributed by atoms with Crippen LogP contribution in [-0.4, -0.2) is 29.7 Å². The third kappa shape index (κ3) is 3.92. The summed E-state index contributed by atoms with van der Waals surface area (Å²) < 4.78 is 4.60. The maximum atomic E-state index is 10.9. The SMILES string of the molecule is CCOC(=O)C(=NC(C)C)NO. The van der Waals surface area contributed by atoms with Gasteiger partial charge in [-0.2, -0.15) is 0 Å². The van der Waals surface area contributed by atoms with Crippen molar-refractivity contribution in [2.75, 3.05) is 6.61 Å². The zero-order valence-corrected chi connectivity index (χ0v) is 7.50. The first-order valence-electron chi connectivity index (χ1n) is 3.76. The Morgan fingerprint density at radius 3 is 2.58 bits per heavy atom. The fraction of sp³-hybridized carbons (Fsp3) is 0.714. The molecule has 0 bridgehead atoms. The highest BCUT2D eigenvalue weighted by Gasteiger charge is 2.11. The lowest BCUT2D eigenvalue weighted by molar-refractivity contribution is -0.135. The van der Waals surface area contributed by atoms with Crippen molar-refractivity contribution < 1.29 is 14.7 Å².